The number of benzene rings is 3. The molecule has 6 nitrogen and oxygen atoms in total. The van der Waals surface area contributed by atoms with E-state index in [1.165, 1.54) is 0 Å². The maximum Gasteiger partial charge on any atom is 0.420 e. The number of carboxylic acid groups (broad SMARTS) is 1. The maximum atomic E-state index is 13.7. The fourth-order valence-electron chi connectivity index (χ4n) is 3.07. The quantitative estimate of drug-likeness (QED) is 0.242. The van der Waals surface area contributed by atoms with Crippen molar-refractivity contribution < 1.29 is 58.9 Å². The minimum atomic E-state index is -5.43. The molecule has 196 valence electrons. The first-order chi connectivity index (χ1) is 17.0. The van der Waals surface area contributed by atoms with Crippen LogP contribution in [0.3, 0.4) is 0 Å². The molecule has 0 heterocycles. The lowest BCUT2D eigenvalue weighted by Crippen LogP contribution is -2.15. The third kappa shape index (κ3) is 6.20. The fourth-order valence-corrected chi connectivity index (χ4v) is 4.42. The summed E-state index contributed by atoms with van der Waals surface area (Å²) >= 11 is 0. The van der Waals surface area contributed by atoms with E-state index in [1.807, 2.05) is 0 Å². The van der Waals surface area contributed by atoms with Crippen LogP contribution in [0.5, 0.6) is 17.2 Å². The molecule has 14 heteroatoms. The molecule has 3 rings (SSSR count). The van der Waals surface area contributed by atoms with Crippen molar-refractivity contribution >= 4 is 21.9 Å². The third-order valence-electron chi connectivity index (χ3n) is 4.69. The number of carboxylic acids is 1. The van der Waals surface area contributed by atoms with Crippen LogP contribution < -0.4 is 9.84 Å². The first-order valence-corrected chi connectivity index (χ1v) is 11.2. The highest BCUT2D eigenvalue weighted by molar-refractivity contribution is 7.91. The number of hydrogen-bond acceptors (Lipinski definition) is 5. The van der Waals surface area contributed by atoms with Crippen molar-refractivity contribution in [3.63, 3.8) is 0 Å². The SMILES string of the molecule is O=C(O)/C=C/c1cc(C(F)(F)F)c(Oc2ccc([O-])c(S(=O)(=O)c3ccc(F)cc3)c2)c(C(F)(F)F)c1. The topological polar surface area (TPSA) is 104 Å². The number of rotatable bonds is 6. The molecule has 0 atom stereocenters. The van der Waals surface area contributed by atoms with E-state index in [0.29, 0.717) is 30.4 Å². The molecule has 0 fully saturated rings. The van der Waals surface area contributed by atoms with Gasteiger partial charge >= 0.3 is 18.3 Å². The Balaban J connectivity index is 2.20. The normalized spacial score (nSPS) is 12.6. The van der Waals surface area contributed by atoms with Crippen molar-refractivity contribution in [1.82, 2.24) is 0 Å². The molecule has 1 N–H and O–H groups in total. The van der Waals surface area contributed by atoms with Crippen LogP contribution in [-0.4, -0.2) is 19.5 Å². The largest absolute Gasteiger partial charge is 0.872 e. The minimum absolute atomic E-state index is 0.210. The van der Waals surface area contributed by atoms with Gasteiger partial charge in [0.05, 0.1) is 20.9 Å². The van der Waals surface area contributed by atoms with Crippen LogP contribution >= 0.6 is 0 Å². The van der Waals surface area contributed by atoms with Crippen LogP contribution in [0.2, 0.25) is 0 Å². The van der Waals surface area contributed by atoms with Gasteiger partial charge in [0.25, 0.3) is 0 Å². The number of halogens is 7. The monoisotopic (exact) mass is 549 g/mol. The lowest BCUT2D eigenvalue weighted by molar-refractivity contribution is -0.272. The minimum Gasteiger partial charge on any atom is -0.872 e. The Labute approximate surface area is 203 Å². The summed E-state index contributed by atoms with van der Waals surface area (Å²) in [4.78, 5) is 9.05. The fraction of sp³-hybridized carbons (Fsp3) is 0.0870. The summed E-state index contributed by atoms with van der Waals surface area (Å²) in [6.45, 7) is 0. The number of ether oxygens (including phenoxy) is 1. The van der Waals surface area contributed by atoms with Gasteiger partial charge in [-0.05, 0) is 60.2 Å². The number of hydrogen-bond donors (Lipinski definition) is 1. The van der Waals surface area contributed by atoms with E-state index in [2.05, 4.69) is 0 Å². The van der Waals surface area contributed by atoms with Crippen molar-refractivity contribution in [2.24, 2.45) is 0 Å². The first kappa shape index (κ1) is 27.5. The molecule has 0 aromatic heterocycles. The summed E-state index contributed by atoms with van der Waals surface area (Å²) in [5.74, 6) is -6.20. The number of alkyl halides is 6. The highest BCUT2D eigenvalue weighted by atomic mass is 32.2. The van der Waals surface area contributed by atoms with Gasteiger partial charge in [0, 0.05) is 6.08 Å². The molecular weight excluding hydrogens is 537 g/mol. The van der Waals surface area contributed by atoms with Gasteiger partial charge in [-0.1, -0.05) is 11.8 Å². The molecule has 3 aromatic carbocycles. The molecule has 0 amide bonds. The Bertz CT molecular complexity index is 1440. The predicted molar refractivity (Wildman–Crippen MR) is 111 cm³/mol. The van der Waals surface area contributed by atoms with Crippen molar-refractivity contribution in [3.05, 3.63) is 83.2 Å². The van der Waals surface area contributed by atoms with Gasteiger partial charge in [0.2, 0.25) is 9.84 Å². The van der Waals surface area contributed by atoms with Crippen LogP contribution in [0.4, 0.5) is 30.7 Å². The molecule has 0 aliphatic heterocycles. The lowest BCUT2D eigenvalue weighted by Gasteiger charge is -2.21. The van der Waals surface area contributed by atoms with E-state index in [1.54, 1.807) is 0 Å². The number of sulfone groups is 1. The average molecular weight is 549 g/mol. The van der Waals surface area contributed by atoms with Gasteiger partial charge in [0.15, 0.2) is 5.75 Å². The van der Waals surface area contributed by atoms with Crippen LogP contribution in [-0.2, 0) is 27.0 Å². The molecule has 0 bridgehead atoms. The third-order valence-corrected chi connectivity index (χ3v) is 6.48. The highest BCUT2D eigenvalue weighted by Gasteiger charge is 2.43. The lowest BCUT2D eigenvalue weighted by atomic mass is 10.0. The van der Waals surface area contributed by atoms with Crippen LogP contribution in [0, 0.1) is 5.82 Å². The zero-order valence-electron chi connectivity index (χ0n) is 17.9. The Morgan fingerprint density at radius 3 is 1.92 bits per heavy atom. The summed E-state index contributed by atoms with van der Waals surface area (Å²) in [5.41, 5.74) is -4.65. The van der Waals surface area contributed by atoms with E-state index in [-0.39, 0.29) is 12.1 Å². The van der Waals surface area contributed by atoms with Gasteiger partial charge in [-0.2, -0.15) is 26.3 Å². The van der Waals surface area contributed by atoms with E-state index < -0.39 is 77.7 Å². The summed E-state index contributed by atoms with van der Waals surface area (Å²) in [5, 5.41) is 20.9. The first-order valence-electron chi connectivity index (χ1n) is 9.73. The zero-order chi connectivity index (χ0) is 27.8. The Kier molecular flexibility index (Phi) is 7.26. The van der Waals surface area contributed by atoms with Gasteiger partial charge < -0.3 is 14.9 Å². The molecule has 0 spiro atoms. The Morgan fingerprint density at radius 2 is 1.43 bits per heavy atom. The molecule has 0 unspecified atom stereocenters. The maximum absolute atomic E-state index is 13.7. The molecule has 3 aromatic rings. The predicted octanol–water partition coefficient (Wildman–Crippen LogP) is 5.66. The zero-order valence-corrected chi connectivity index (χ0v) is 18.7. The molecule has 0 aliphatic rings. The molecule has 0 aliphatic carbocycles. The molecule has 37 heavy (non-hydrogen) atoms. The Morgan fingerprint density at radius 1 is 0.892 bits per heavy atom. The van der Waals surface area contributed by atoms with Crippen LogP contribution in [0.1, 0.15) is 16.7 Å². The second-order valence-corrected chi connectivity index (χ2v) is 9.20. The molecular formula is C23H12F7O6S-. The number of aliphatic carboxylic acids is 1. The van der Waals surface area contributed by atoms with Crippen molar-refractivity contribution in [2.75, 3.05) is 0 Å². The van der Waals surface area contributed by atoms with Crippen molar-refractivity contribution in [2.45, 2.75) is 22.1 Å². The van der Waals surface area contributed by atoms with Gasteiger partial charge in [-0.15, -0.1) is 0 Å². The van der Waals surface area contributed by atoms with E-state index in [9.17, 15) is 49.1 Å². The van der Waals surface area contributed by atoms with E-state index in [0.717, 1.165) is 24.3 Å². The molecule has 0 saturated heterocycles. The summed E-state index contributed by atoms with van der Waals surface area (Å²) in [7, 11) is -4.67. The molecule has 0 saturated carbocycles. The summed E-state index contributed by atoms with van der Waals surface area (Å²) in [6, 6.07) is 5.26. The Hall–Kier alpha value is -4.07. The second-order valence-electron chi connectivity index (χ2n) is 7.28. The standard InChI is InChI=1S/C23H13F7O6S/c24-13-2-5-15(6-3-13)37(34,35)19-11-14(4-7-18(19)31)36-21-16(22(25,26)27)9-12(1-8-20(32)33)10-17(21)23(28,29)30/h1-11,31H,(H,32,33)/p-1/b8-1+. The molecule has 0 radical (unpaired) electrons. The second kappa shape index (κ2) is 9.76. The van der Waals surface area contributed by atoms with Gasteiger partial charge in [-0.25, -0.2) is 17.6 Å². The van der Waals surface area contributed by atoms with E-state index >= 15 is 0 Å². The van der Waals surface area contributed by atoms with Crippen molar-refractivity contribution in [1.29, 1.82) is 0 Å². The summed E-state index contributed by atoms with van der Waals surface area (Å²) in [6.07, 6.45) is -10.0. The average Bonchev–Trinajstić information content (AvgIpc) is 2.78. The summed E-state index contributed by atoms with van der Waals surface area (Å²) < 4.78 is 126. The highest BCUT2D eigenvalue weighted by Crippen LogP contribution is 2.47. The number of carbonyl (C=O) groups is 1. The smallest absolute Gasteiger partial charge is 0.420 e. The van der Waals surface area contributed by atoms with Crippen molar-refractivity contribution in [3.8, 4) is 17.2 Å². The van der Waals surface area contributed by atoms with Gasteiger partial charge in [-0.3, -0.25) is 0 Å². The van der Waals surface area contributed by atoms with Gasteiger partial charge in [0.1, 0.15) is 11.6 Å². The van der Waals surface area contributed by atoms with Crippen LogP contribution in [0.15, 0.2) is 70.5 Å². The van der Waals surface area contributed by atoms with E-state index in [4.69, 9.17) is 9.84 Å². The van der Waals surface area contributed by atoms with Crippen LogP contribution in [0.25, 0.3) is 6.08 Å².